The Hall–Kier alpha value is -1.16. The van der Waals surface area contributed by atoms with E-state index < -0.39 is 0 Å². The molecule has 1 aromatic rings. The molecule has 1 heterocycles. The molecule has 4 nitrogen and oxygen atoms in total. The van der Waals surface area contributed by atoms with Crippen molar-refractivity contribution in [2.75, 3.05) is 18.4 Å². The number of anilines is 1. The van der Waals surface area contributed by atoms with E-state index in [2.05, 4.69) is 36.1 Å². The SMILES string of the molecule is Cc1ncc(NCCN)c(C(C)(C)C)n1. The highest BCUT2D eigenvalue weighted by Crippen LogP contribution is 2.26. The topological polar surface area (TPSA) is 63.8 Å². The molecule has 0 aliphatic rings. The van der Waals surface area contributed by atoms with Gasteiger partial charge in [-0.1, -0.05) is 20.8 Å². The molecular weight excluding hydrogens is 188 g/mol. The Bertz CT molecular complexity index is 328. The summed E-state index contributed by atoms with van der Waals surface area (Å²) in [5.74, 6) is 0.804. The molecule has 0 bridgehead atoms. The fraction of sp³-hybridized carbons (Fsp3) is 0.636. The van der Waals surface area contributed by atoms with Crippen molar-refractivity contribution in [2.45, 2.75) is 33.1 Å². The molecule has 0 aliphatic carbocycles. The van der Waals surface area contributed by atoms with Crippen LogP contribution in [0.5, 0.6) is 0 Å². The summed E-state index contributed by atoms with van der Waals surface area (Å²) in [7, 11) is 0. The van der Waals surface area contributed by atoms with Crippen molar-refractivity contribution in [3.63, 3.8) is 0 Å². The van der Waals surface area contributed by atoms with Crippen molar-refractivity contribution >= 4 is 5.69 Å². The van der Waals surface area contributed by atoms with E-state index in [0.29, 0.717) is 6.54 Å². The first-order chi connectivity index (χ1) is 6.95. The lowest BCUT2D eigenvalue weighted by molar-refractivity contribution is 0.566. The standard InChI is InChI=1S/C11H20N4/c1-8-14-7-9(13-6-5-12)10(15-8)11(2,3)4/h7,13H,5-6,12H2,1-4H3. The van der Waals surface area contributed by atoms with Crippen LogP contribution in [0.25, 0.3) is 0 Å². The zero-order valence-electron chi connectivity index (χ0n) is 9.96. The zero-order valence-corrected chi connectivity index (χ0v) is 9.96. The molecule has 84 valence electrons. The third-order valence-corrected chi connectivity index (χ3v) is 2.08. The molecule has 0 amide bonds. The van der Waals surface area contributed by atoms with Crippen LogP contribution in [0.1, 0.15) is 32.3 Å². The second-order valence-electron chi connectivity index (χ2n) is 4.64. The highest BCUT2D eigenvalue weighted by Gasteiger charge is 2.20. The van der Waals surface area contributed by atoms with Gasteiger partial charge in [0.1, 0.15) is 5.82 Å². The normalized spacial score (nSPS) is 11.5. The fourth-order valence-corrected chi connectivity index (χ4v) is 1.38. The van der Waals surface area contributed by atoms with E-state index in [9.17, 15) is 0 Å². The van der Waals surface area contributed by atoms with E-state index in [1.54, 1.807) is 0 Å². The minimum absolute atomic E-state index is 0.0185. The van der Waals surface area contributed by atoms with Gasteiger partial charge < -0.3 is 11.1 Å². The molecule has 3 N–H and O–H groups in total. The van der Waals surface area contributed by atoms with Crippen LogP contribution >= 0.6 is 0 Å². The molecule has 1 aromatic heterocycles. The number of nitrogens with one attached hydrogen (secondary N) is 1. The lowest BCUT2D eigenvalue weighted by Gasteiger charge is -2.22. The van der Waals surface area contributed by atoms with Gasteiger partial charge in [-0.2, -0.15) is 0 Å². The summed E-state index contributed by atoms with van der Waals surface area (Å²) in [4.78, 5) is 8.67. The lowest BCUT2D eigenvalue weighted by atomic mass is 9.91. The van der Waals surface area contributed by atoms with Gasteiger partial charge in [0, 0.05) is 18.5 Å². The van der Waals surface area contributed by atoms with E-state index >= 15 is 0 Å². The first-order valence-electron chi connectivity index (χ1n) is 5.23. The monoisotopic (exact) mass is 208 g/mol. The third kappa shape index (κ3) is 3.16. The summed E-state index contributed by atoms with van der Waals surface area (Å²) < 4.78 is 0. The summed E-state index contributed by atoms with van der Waals surface area (Å²) in [5, 5.41) is 3.25. The van der Waals surface area contributed by atoms with Crippen molar-refractivity contribution < 1.29 is 0 Å². The smallest absolute Gasteiger partial charge is 0.125 e. The predicted molar refractivity (Wildman–Crippen MR) is 63.0 cm³/mol. The molecule has 1 rings (SSSR count). The number of nitrogens with zero attached hydrogens (tertiary/aromatic N) is 2. The Kier molecular flexibility index (Phi) is 3.63. The minimum Gasteiger partial charge on any atom is -0.381 e. The van der Waals surface area contributed by atoms with Crippen LogP contribution in [-0.4, -0.2) is 23.1 Å². The quantitative estimate of drug-likeness (QED) is 0.789. The Morgan fingerprint density at radius 3 is 2.60 bits per heavy atom. The molecule has 0 spiro atoms. The van der Waals surface area contributed by atoms with Gasteiger partial charge in [-0.05, 0) is 6.92 Å². The van der Waals surface area contributed by atoms with Gasteiger partial charge in [-0.25, -0.2) is 9.97 Å². The van der Waals surface area contributed by atoms with Gasteiger partial charge in [-0.15, -0.1) is 0 Å². The Balaban J connectivity index is 3.04. The molecule has 0 radical (unpaired) electrons. The van der Waals surface area contributed by atoms with E-state index in [1.165, 1.54) is 0 Å². The maximum atomic E-state index is 5.46. The molecule has 0 unspecified atom stereocenters. The Labute approximate surface area is 91.3 Å². The molecule has 4 heteroatoms. The number of hydrogen-bond donors (Lipinski definition) is 2. The summed E-state index contributed by atoms with van der Waals surface area (Å²) in [6.07, 6.45) is 1.83. The van der Waals surface area contributed by atoms with E-state index in [1.807, 2.05) is 13.1 Å². The zero-order chi connectivity index (χ0) is 11.5. The molecule has 0 saturated heterocycles. The van der Waals surface area contributed by atoms with Crippen molar-refractivity contribution in [2.24, 2.45) is 5.73 Å². The number of nitrogens with two attached hydrogens (primary N) is 1. The fourth-order valence-electron chi connectivity index (χ4n) is 1.38. The molecule has 0 fully saturated rings. The average Bonchev–Trinajstić information content (AvgIpc) is 2.14. The second kappa shape index (κ2) is 4.57. The van der Waals surface area contributed by atoms with Gasteiger partial charge >= 0.3 is 0 Å². The van der Waals surface area contributed by atoms with E-state index in [-0.39, 0.29) is 5.41 Å². The number of rotatable bonds is 3. The maximum Gasteiger partial charge on any atom is 0.125 e. The molecule has 0 aliphatic heterocycles. The van der Waals surface area contributed by atoms with Crippen LogP contribution in [0.3, 0.4) is 0 Å². The highest BCUT2D eigenvalue weighted by molar-refractivity contribution is 5.49. The van der Waals surface area contributed by atoms with Gasteiger partial charge in [0.2, 0.25) is 0 Å². The number of aromatic nitrogens is 2. The first-order valence-corrected chi connectivity index (χ1v) is 5.23. The highest BCUT2D eigenvalue weighted by atomic mass is 15.0. The van der Waals surface area contributed by atoms with E-state index in [4.69, 9.17) is 5.73 Å². The maximum absolute atomic E-state index is 5.46. The molecular formula is C11H20N4. The molecule has 15 heavy (non-hydrogen) atoms. The minimum atomic E-state index is 0.0185. The van der Waals surface area contributed by atoms with Crippen LogP contribution in [-0.2, 0) is 5.41 Å². The summed E-state index contributed by atoms with van der Waals surface area (Å²) in [6.45, 7) is 9.68. The lowest BCUT2D eigenvalue weighted by Crippen LogP contribution is -2.21. The predicted octanol–water partition coefficient (Wildman–Crippen LogP) is 1.45. The van der Waals surface area contributed by atoms with Crippen molar-refractivity contribution in [1.82, 2.24) is 9.97 Å². The number of hydrogen-bond acceptors (Lipinski definition) is 4. The first kappa shape index (κ1) is 11.9. The van der Waals surface area contributed by atoms with E-state index in [0.717, 1.165) is 23.8 Å². The molecule has 0 saturated carbocycles. The van der Waals surface area contributed by atoms with Crippen molar-refractivity contribution in [3.8, 4) is 0 Å². The largest absolute Gasteiger partial charge is 0.381 e. The van der Waals surface area contributed by atoms with Crippen LogP contribution in [0, 0.1) is 6.92 Å². The van der Waals surface area contributed by atoms with Crippen LogP contribution in [0.4, 0.5) is 5.69 Å². The summed E-state index contributed by atoms with van der Waals surface area (Å²) in [5.41, 5.74) is 7.51. The van der Waals surface area contributed by atoms with Gasteiger partial charge in [0.25, 0.3) is 0 Å². The number of aryl methyl sites for hydroxylation is 1. The third-order valence-electron chi connectivity index (χ3n) is 2.08. The molecule has 0 atom stereocenters. The summed E-state index contributed by atoms with van der Waals surface area (Å²) in [6, 6.07) is 0. The van der Waals surface area contributed by atoms with Gasteiger partial charge in [0.15, 0.2) is 0 Å². The van der Waals surface area contributed by atoms with Crippen LogP contribution in [0.2, 0.25) is 0 Å². The van der Waals surface area contributed by atoms with Crippen molar-refractivity contribution in [1.29, 1.82) is 0 Å². The summed E-state index contributed by atoms with van der Waals surface area (Å²) >= 11 is 0. The second-order valence-corrected chi connectivity index (χ2v) is 4.64. The van der Waals surface area contributed by atoms with Crippen LogP contribution in [0.15, 0.2) is 6.20 Å². The Morgan fingerprint density at radius 1 is 1.40 bits per heavy atom. The molecule has 0 aromatic carbocycles. The Morgan fingerprint density at radius 2 is 2.07 bits per heavy atom. The van der Waals surface area contributed by atoms with Crippen LogP contribution < -0.4 is 11.1 Å². The van der Waals surface area contributed by atoms with Crippen molar-refractivity contribution in [3.05, 3.63) is 17.7 Å². The van der Waals surface area contributed by atoms with Gasteiger partial charge in [0.05, 0.1) is 17.6 Å². The average molecular weight is 208 g/mol. The van der Waals surface area contributed by atoms with Gasteiger partial charge in [-0.3, -0.25) is 0 Å².